The van der Waals surface area contributed by atoms with E-state index in [0.717, 1.165) is 30.6 Å². The number of hydrogen-bond acceptors (Lipinski definition) is 4. The Morgan fingerprint density at radius 2 is 2.04 bits per heavy atom. The molecule has 0 aromatic heterocycles. The van der Waals surface area contributed by atoms with Crippen molar-refractivity contribution in [3.8, 4) is 5.75 Å². The van der Waals surface area contributed by atoms with E-state index in [1.165, 1.54) is 18.2 Å². The van der Waals surface area contributed by atoms with Crippen molar-refractivity contribution in [3.05, 3.63) is 65.0 Å². The lowest BCUT2D eigenvalue weighted by Crippen LogP contribution is -2.37. The fourth-order valence-corrected chi connectivity index (χ4v) is 3.51. The van der Waals surface area contributed by atoms with Gasteiger partial charge in [0.1, 0.15) is 24.3 Å². The van der Waals surface area contributed by atoms with Gasteiger partial charge in [-0.25, -0.2) is 9.18 Å². The number of aromatic carboxylic acids is 1. The SMILES string of the molecule is CC1CN(CC(O)COc2ccc(C(=O)O)cc2)CCc2ccc(F)cc21. The van der Waals surface area contributed by atoms with Gasteiger partial charge in [0.05, 0.1) is 5.56 Å². The highest BCUT2D eigenvalue weighted by molar-refractivity contribution is 5.87. The van der Waals surface area contributed by atoms with Crippen LogP contribution in [0.1, 0.15) is 34.3 Å². The maximum Gasteiger partial charge on any atom is 0.335 e. The summed E-state index contributed by atoms with van der Waals surface area (Å²) in [6.45, 7) is 4.21. The van der Waals surface area contributed by atoms with Gasteiger partial charge >= 0.3 is 5.97 Å². The second-order valence-electron chi connectivity index (χ2n) is 7.05. The van der Waals surface area contributed by atoms with Gasteiger partial charge in [0.2, 0.25) is 0 Å². The van der Waals surface area contributed by atoms with Crippen LogP contribution in [0, 0.1) is 5.82 Å². The van der Waals surface area contributed by atoms with Crippen molar-refractivity contribution >= 4 is 5.97 Å². The van der Waals surface area contributed by atoms with Gasteiger partial charge in [-0.2, -0.15) is 0 Å². The molecule has 0 bridgehead atoms. The van der Waals surface area contributed by atoms with Crippen LogP contribution in [0.25, 0.3) is 0 Å². The molecule has 2 unspecified atom stereocenters. The van der Waals surface area contributed by atoms with Crippen molar-refractivity contribution < 1.29 is 24.1 Å². The number of rotatable bonds is 6. The first-order valence-electron chi connectivity index (χ1n) is 9.07. The number of aliphatic hydroxyl groups is 1. The van der Waals surface area contributed by atoms with E-state index in [2.05, 4.69) is 11.8 Å². The molecule has 3 rings (SSSR count). The zero-order valence-corrected chi connectivity index (χ0v) is 15.3. The molecule has 0 fully saturated rings. The highest BCUT2D eigenvalue weighted by atomic mass is 19.1. The summed E-state index contributed by atoms with van der Waals surface area (Å²) in [6, 6.07) is 11.1. The smallest absolute Gasteiger partial charge is 0.335 e. The third kappa shape index (κ3) is 5.05. The highest BCUT2D eigenvalue weighted by Crippen LogP contribution is 2.26. The molecule has 2 N–H and O–H groups in total. The van der Waals surface area contributed by atoms with Gasteiger partial charge in [0.15, 0.2) is 0 Å². The van der Waals surface area contributed by atoms with Crippen LogP contribution < -0.4 is 4.74 Å². The van der Waals surface area contributed by atoms with Gasteiger partial charge in [0, 0.05) is 19.6 Å². The van der Waals surface area contributed by atoms with Gasteiger partial charge in [-0.1, -0.05) is 13.0 Å². The van der Waals surface area contributed by atoms with Gasteiger partial charge in [-0.3, -0.25) is 4.90 Å². The first-order chi connectivity index (χ1) is 12.9. The van der Waals surface area contributed by atoms with Crippen molar-refractivity contribution in [3.63, 3.8) is 0 Å². The summed E-state index contributed by atoms with van der Waals surface area (Å²) in [5.41, 5.74) is 2.40. The lowest BCUT2D eigenvalue weighted by Gasteiger charge is -2.25. The van der Waals surface area contributed by atoms with Crippen LogP contribution in [0.15, 0.2) is 42.5 Å². The van der Waals surface area contributed by atoms with Crippen LogP contribution in [0.2, 0.25) is 0 Å². The summed E-state index contributed by atoms with van der Waals surface area (Å²) in [5.74, 6) is -0.491. The molecular weight excluding hydrogens is 349 g/mol. The molecule has 5 nitrogen and oxygen atoms in total. The number of ether oxygens (including phenoxy) is 1. The molecule has 0 spiro atoms. The van der Waals surface area contributed by atoms with Crippen LogP contribution in [0.3, 0.4) is 0 Å². The Morgan fingerprint density at radius 1 is 1.30 bits per heavy atom. The normalized spacial score (nSPS) is 18.4. The molecular formula is C21H24FNO4. The number of halogens is 1. The van der Waals surface area contributed by atoms with E-state index in [1.807, 2.05) is 6.07 Å². The van der Waals surface area contributed by atoms with Crippen molar-refractivity contribution in [2.75, 3.05) is 26.2 Å². The van der Waals surface area contributed by atoms with Gasteiger partial charge in [-0.15, -0.1) is 0 Å². The molecule has 0 radical (unpaired) electrons. The molecule has 0 aliphatic carbocycles. The molecule has 2 aromatic rings. The van der Waals surface area contributed by atoms with E-state index in [4.69, 9.17) is 9.84 Å². The largest absolute Gasteiger partial charge is 0.491 e. The topological polar surface area (TPSA) is 70.0 Å². The molecule has 0 saturated carbocycles. The van der Waals surface area contributed by atoms with E-state index in [0.29, 0.717) is 12.3 Å². The lowest BCUT2D eigenvalue weighted by atomic mass is 9.95. The quantitative estimate of drug-likeness (QED) is 0.815. The van der Waals surface area contributed by atoms with Crippen LogP contribution in [0.5, 0.6) is 5.75 Å². The zero-order valence-electron chi connectivity index (χ0n) is 15.3. The number of hydrogen-bond donors (Lipinski definition) is 2. The predicted molar refractivity (Wildman–Crippen MR) is 99.9 cm³/mol. The molecule has 1 aliphatic rings. The minimum absolute atomic E-state index is 0.124. The lowest BCUT2D eigenvalue weighted by molar-refractivity contribution is 0.0673. The Morgan fingerprint density at radius 3 is 2.74 bits per heavy atom. The number of fused-ring (bicyclic) bond motifs is 1. The molecule has 2 aromatic carbocycles. The summed E-state index contributed by atoms with van der Waals surface area (Å²) < 4.78 is 19.1. The number of carbonyl (C=O) groups is 1. The molecule has 2 atom stereocenters. The molecule has 1 heterocycles. The summed E-state index contributed by atoms with van der Waals surface area (Å²) >= 11 is 0. The second-order valence-corrected chi connectivity index (χ2v) is 7.05. The number of benzene rings is 2. The fraction of sp³-hybridized carbons (Fsp3) is 0.381. The van der Waals surface area contributed by atoms with E-state index >= 15 is 0 Å². The summed E-state index contributed by atoms with van der Waals surface area (Å²) in [7, 11) is 0. The summed E-state index contributed by atoms with van der Waals surface area (Å²) in [5, 5.41) is 19.2. The van der Waals surface area contributed by atoms with Crippen molar-refractivity contribution in [1.29, 1.82) is 0 Å². The molecule has 0 saturated heterocycles. The average Bonchev–Trinajstić information content (AvgIpc) is 2.79. The Hall–Kier alpha value is -2.44. The average molecular weight is 373 g/mol. The summed E-state index contributed by atoms with van der Waals surface area (Å²) in [6.07, 6.45) is 0.152. The molecule has 6 heteroatoms. The Kier molecular flexibility index (Phi) is 6.08. The van der Waals surface area contributed by atoms with E-state index in [1.54, 1.807) is 18.2 Å². The first-order valence-corrected chi connectivity index (χ1v) is 9.07. The van der Waals surface area contributed by atoms with Gasteiger partial charge < -0.3 is 14.9 Å². The van der Waals surface area contributed by atoms with Crippen molar-refractivity contribution in [2.24, 2.45) is 0 Å². The van der Waals surface area contributed by atoms with Crippen molar-refractivity contribution in [2.45, 2.75) is 25.4 Å². The standard InChI is InChI=1S/C21H24FNO4/c1-14-11-23(9-8-15-2-5-17(22)10-20(14)15)12-18(24)13-27-19-6-3-16(4-7-19)21(25)26/h2-7,10,14,18,24H,8-9,11-13H2,1H3,(H,25,26). The predicted octanol–water partition coefficient (Wildman–Crippen LogP) is 2.93. The molecule has 144 valence electrons. The fourth-order valence-electron chi connectivity index (χ4n) is 3.51. The van der Waals surface area contributed by atoms with Crippen LogP contribution in [-0.2, 0) is 6.42 Å². The summed E-state index contributed by atoms with van der Waals surface area (Å²) in [4.78, 5) is 13.0. The molecule has 0 amide bonds. The maximum absolute atomic E-state index is 13.5. The first kappa shape index (κ1) is 19.3. The third-order valence-corrected chi connectivity index (χ3v) is 4.88. The number of aliphatic hydroxyl groups excluding tert-OH is 1. The molecule has 1 aliphatic heterocycles. The number of carboxylic acid groups (broad SMARTS) is 1. The second kappa shape index (κ2) is 8.50. The minimum Gasteiger partial charge on any atom is -0.491 e. The van der Waals surface area contributed by atoms with Crippen molar-refractivity contribution in [1.82, 2.24) is 4.90 Å². The number of nitrogens with zero attached hydrogens (tertiary/aromatic N) is 1. The van der Waals surface area contributed by atoms with E-state index in [-0.39, 0.29) is 23.9 Å². The number of carboxylic acids is 1. The van der Waals surface area contributed by atoms with E-state index < -0.39 is 12.1 Å². The monoisotopic (exact) mass is 373 g/mol. The Bertz CT molecular complexity index is 793. The third-order valence-electron chi connectivity index (χ3n) is 4.88. The Labute approximate surface area is 158 Å². The van der Waals surface area contributed by atoms with Crippen LogP contribution >= 0.6 is 0 Å². The highest BCUT2D eigenvalue weighted by Gasteiger charge is 2.22. The number of β-amino-alcohol motifs (C(OH)–C–C–N with tert-alkyl or cyclic N) is 1. The van der Waals surface area contributed by atoms with E-state index in [9.17, 15) is 14.3 Å². The Balaban J connectivity index is 1.52. The van der Waals surface area contributed by atoms with Gasteiger partial charge in [0.25, 0.3) is 0 Å². The maximum atomic E-state index is 13.5. The minimum atomic E-state index is -0.988. The zero-order chi connectivity index (χ0) is 19.4. The molecule has 27 heavy (non-hydrogen) atoms. The van der Waals surface area contributed by atoms with Gasteiger partial charge in [-0.05, 0) is 59.9 Å². The van der Waals surface area contributed by atoms with Crippen LogP contribution in [0.4, 0.5) is 4.39 Å². The van der Waals surface area contributed by atoms with Crippen LogP contribution in [-0.4, -0.2) is 53.4 Å².